The number of hydrogen-bond donors (Lipinski definition) is 2. The molecule has 1 aliphatic rings. The molecule has 6 heteroatoms. The molecule has 1 fully saturated rings. The van der Waals surface area contributed by atoms with Crippen LogP contribution in [0.4, 0.5) is 0 Å². The van der Waals surface area contributed by atoms with E-state index in [2.05, 4.69) is 10.3 Å². The highest BCUT2D eigenvalue weighted by atomic mass is 16.5. The molecule has 0 atom stereocenters. The maximum absolute atomic E-state index is 11.9. The van der Waals surface area contributed by atoms with Gasteiger partial charge >= 0.3 is 0 Å². The Hall–Kier alpha value is -2.08. The van der Waals surface area contributed by atoms with Gasteiger partial charge in [0.25, 0.3) is 5.91 Å². The molecule has 21 heavy (non-hydrogen) atoms. The van der Waals surface area contributed by atoms with Crippen molar-refractivity contribution >= 4 is 11.6 Å². The van der Waals surface area contributed by atoms with Crippen LogP contribution >= 0.6 is 0 Å². The van der Waals surface area contributed by atoms with Gasteiger partial charge in [0, 0.05) is 25.0 Å². The fourth-order valence-electron chi connectivity index (χ4n) is 2.73. The SMILES string of the molecule is NCc1cn2cccc(OCC(=O)NC3CCCC3)c2n1. The second kappa shape index (κ2) is 6.13. The van der Waals surface area contributed by atoms with E-state index in [9.17, 15) is 4.79 Å². The Morgan fingerprint density at radius 2 is 2.29 bits per heavy atom. The van der Waals surface area contributed by atoms with Crippen molar-refractivity contribution < 1.29 is 9.53 Å². The molecule has 112 valence electrons. The van der Waals surface area contributed by atoms with Crippen molar-refractivity contribution in [1.82, 2.24) is 14.7 Å². The number of aromatic nitrogens is 2. The first-order chi connectivity index (χ1) is 10.3. The summed E-state index contributed by atoms with van der Waals surface area (Å²) in [6.45, 7) is 0.393. The van der Waals surface area contributed by atoms with E-state index < -0.39 is 0 Å². The molecule has 6 nitrogen and oxygen atoms in total. The van der Waals surface area contributed by atoms with Gasteiger partial charge in [-0.3, -0.25) is 4.79 Å². The fraction of sp³-hybridized carbons (Fsp3) is 0.467. The Morgan fingerprint density at radius 1 is 1.48 bits per heavy atom. The average molecular weight is 288 g/mol. The Kier molecular flexibility index (Phi) is 4.06. The van der Waals surface area contributed by atoms with E-state index in [0.29, 0.717) is 24.0 Å². The van der Waals surface area contributed by atoms with Crippen molar-refractivity contribution in [2.24, 2.45) is 5.73 Å². The fourth-order valence-corrected chi connectivity index (χ4v) is 2.73. The first-order valence-electron chi connectivity index (χ1n) is 7.35. The Morgan fingerprint density at radius 3 is 3.05 bits per heavy atom. The van der Waals surface area contributed by atoms with Gasteiger partial charge in [0.1, 0.15) is 0 Å². The van der Waals surface area contributed by atoms with E-state index in [0.717, 1.165) is 18.5 Å². The summed E-state index contributed by atoms with van der Waals surface area (Å²) in [5.41, 5.74) is 7.08. The van der Waals surface area contributed by atoms with Crippen LogP contribution in [0.2, 0.25) is 0 Å². The molecule has 0 spiro atoms. The summed E-state index contributed by atoms with van der Waals surface area (Å²) in [7, 11) is 0. The number of amides is 1. The van der Waals surface area contributed by atoms with Crippen LogP contribution in [0.1, 0.15) is 31.4 Å². The highest BCUT2D eigenvalue weighted by molar-refractivity contribution is 5.78. The number of hydrogen-bond acceptors (Lipinski definition) is 4. The Labute approximate surface area is 123 Å². The number of carbonyl (C=O) groups is 1. The minimum Gasteiger partial charge on any atom is -0.480 e. The predicted molar refractivity (Wildman–Crippen MR) is 79.0 cm³/mol. The van der Waals surface area contributed by atoms with Gasteiger partial charge in [-0.25, -0.2) is 4.98 Å². The molecule has 1 aliphatic carbocycles. The lowest BCUT2D eigenvalue weighted by Gasteiger charge is -2.12. The van der Waals surface area contributed by atoms with E-state index in [4.69, 9.17) is 10.5 Å². The molecule has 2 heterocycles. The van der Waals surface area contributed by atoms with E-state index in [1.807, 2.05) is 28.9 Å². The van der Waals surface area contributed by atoms with Crippen LogP contribution in [0.5, 0.6) is 5.75 Å². The van der Waals surface area contributed by atoms with Gasteiger partial charge in [-0.1, -0.05) is 12.8 Å². The zero-order valence-electron chi connectivity index (χ0n) is 11.9. The lowest BCUT2D eigenvalue weighted by Crippen LogP contribution is -2.36. The number of pyridine rings is 1. The molecule has 1 amide bonds. The highest BCUT2D eigenvalue weighted by Crippen LogP contribution is 2.19. The van der Waals surface area contributed by atoms with E-state index in [-0.39, 0.29) is 12.5 Å². The first-order valence-corrected chi connectivity index (χ1v) is 7.35. The summed E-state index contributed by atoms with van der Waals surface area (Å²) in [5.74, 6) is 0.522. The third-order valence-electron chi connectivity index (χ3n) is 3.79. The van der Waals surface area contributed by atoms with E-state index >= 15 is 0 Å². The van der Waals surface area contributed by atoms with Gasteiger partial charge in [0.15, 0.2) is 18.0 Å². The number of imidazole rings is 1. The van der Waals surface area contributed by atoms with Crippen LogP contribution < -0.4 is 15.8 Å². The van der Waals surface area contributed by atoms with Crippen molar-refractivity contribution in [2.75, 3.05) is 6.61 Å². The van der Waals surface area contributed by atoms with Gasteiger partial charge in [-0.15, -0.1) is 0 Å². The quantitative estimate of drug-likeness (QED) is 0.867. The first kappa shape index (κ1) is 13.9. The molecule has 0 bridgehead atoms. The summed E-state index contributed by atoms with van der Waals surface area (Å²) in [6.07, 6.45) is 8.28. The van der Waals surface area contributed by atoms with Crippen LogP contribution in [0.15, 0.2) is 24.5 Å². The number of carbonyl (C=O) groups excluding carboxylic acids is 1. The summed E-state index contributed by atoms with van der Waals surface area (Å²) in [5, 5.41) is 3.00. The Bertz CT molecular complexity index is 632. The zero-order valence-corrected chi connectivity index (χ0v) is 11.9. The van der Waals surface area contributed by atoms with E-state index in [1.54, 1.807) is 0 Å². The third-order valence-corrected chi connectivity index (χ3v) is 3.79. The molecule has 1 saturated carbocycles. The number of nitrogens with two attached hydrogens (primary N) is 1. The van der Waals surface area contributed by atoms with Crippen LogP contribution in [0.3, 0.4) is 0 Å². The molecule has 0 radical (unpaired) electrons. The normalized spacial score (nSPS) is 15.5. The molecule has 2 aromatic heterocycles. The summed E-state index contributed by atoms with van der Waals surface area (Å²) < 4.78 is 7.47. The molecule has 2 aromatic rings. The minimum atomic E-state index is -0.0745. The van der Waals surface area contributed by atoms with Gasteiger partial charge in [0.2, 0.25) is 0 Å². The number of nitrogens with zero attached hydrogens (tertiary/aromatic N) is 2. The van der Waals surface area contributed by atoms with Gasteiger partial charge in [-0.2, -0.15) is 0 Å². The van der Waals surface area contributed by atoms with Crippen molar-refractivity contribution in [3.05, 3.63) is 30.2 Å². The largest absolute Gasteiger partial charge is 0.480 e. The molecular weight excluding hydrogens is 268 g/mol. The van der Waals surface area contributed by atoms with Gasteiger partial charge in [-0.05, 0) is 25.0 Å². The molecular formula is C15H20N4O2. The predicted octanol–water partition coefficient (Wildman–Crippen LogP) is 1.23. The topological polar surface area (TPSA) is 81.6 Å². The molecule has 3 N–H and O–H groups in total. The summed E-state index contributed by atoms with van der Waals surface area (Å²) in [4.78, 5) is 16.3. The zero-order chi connectivity index (χ0) is 14.7. The Balaban J connectivity index is 1.64. The van der Waals surface area contributed by atoms with Crippen molar-refractivity contribution in [3.8, 4) is 5.75 Å². The van der Waals surface area contributed by atoms with Crippen molar-refractivity contribution in [3.63, 3.8) is 0 Å². The molecule has 0 aliphatic heterocycles. The average Bonchev–Trinajstić information content (AvgIpc) is 3.13. The maximum atomic E-state index is 11.9. The second-order valence-corrected chi connectivity index (χ2v) is 5.38. The van der Waals surface area contributed by atoms with Crippen molar-refractivity contribution in [2.45, 2.75) is 38.3 Å². The number of nitrogens with one attached hydrogen (secondary N) is 1. The summed E-state index contributed by atoms with van der Waals surface area (Å²) in [6, 6.07) is 3.98. The number of fused-ring (bicyclic) bond motifs is 1. The lowest BCUT2D eigenvalue weighted by molar-refractivity contribution is -0.123. The number of rotatable bonds is 5. The monoisotopic (exact) mass is 288 g/mol. The molecule has 0 saturated heterocycles. The van der Waals surface area contributed by atoms with E-state index in [1.165, 1.54) is 12.8 Å². The van der Waals surface area contributed by atoms with Crippen LogP contribution in [-0.4, -0.2) is 27.9 Å². The standard InChI is InChI=1S/C15H20N4O2/c16-8-12-9-19-7-3-6-13(15(19)18-12)21-10-14(20)17-11-4-1-2-5-11/h3,6-7,9,11H,1-2,4-5,8,10,16H2,(H,17,20). The maximum Gasteiger partial charge on any atom is 0.258 e. The highest BCUT2D eigenvalue weighted by Gasteiger charge is 2.17. The minimum absolute atomic E-state index is 0.0149. The van der Waals surface area contributed by atoms with Crippen LogP contribution in [-0.2, 0) is 11.3 Å². The smallest absolute Gasteiger partial charge is 0.258 e. The second-order valence-electron chi connectivity index (χ2n) is 5.38. The lowest BCUT2D eigenvalue weighted by atomic mass is 10.2. The number of ether oxygens (including phenoxy) is 1. The van der Waals surface area contributed by atoms with Crippen molar-refractivity contribution in [1.29, 1.82) is 0 Å². The van der Waals surface area contributed by atoms with Crippen LogP contribution in [0.25, 0.3) is 5.65 Å². The molecule has 0 aromatic carbocycles. The van der Waals surface area contributed by atoms with Gasteiger partial charge < -0.3 is 20.2 Å². The third kappa shape index (κ3) is 3.16. The van der Waals surface area contributed by atoms with Crippen LogP contribution in [0, 0.1) is 0 Å². The molecule has 3 rings (SSSR count). The summed E-state index contributed by atoms with van der Waals surface area (Å²) >= 11 is 0. The molecule has 0 unspecified atom stereocenters. The van der Waals surface area contributed by atoms with Gasteiger partial charge in [0.05, 0.1) is 5.69 Å².